The maximum absolute atomic E-state index is 3.19. The van der Waals surface area contributed by atoms with Gasteiger partial charge in [-0.05, 0) is 98.4 Å². The summed E-state index contributed by atoms with van der Waals surface area (Å²) in [6.45, 7) is 20.6. The molecule has 0 N–H and O–H groups in total. The molecule has 0 aliphatic heterocycles. The van der Waals surface area contributed by atoms with E-state index in [9.17, 15) is 0 Å². The molecule has 5 rings (SSSR count). The number of hydrogen-bond donors (Lipinski definition) is 0. The van der Waals surface area contributed by atoms with Crippen molar-refractivity contribution in [3.05, 3.63) is 53.1 Å². The third kappa shape index (κ3) is 13.2. The van der Waals surface area contributed by atoms with Crippen LogP contribution >= 0.6 is 0 Å². The summed E-state index contributed by atoms with van der Waals surface area (Å²) in [5, 5.41) is 0. The zero-order valence-corrected chi connectivity index (χ0v) is 41.9. The predicted octanol–water partition coefficient (Wildman–Crippen LogP) is 18.7. The Morgan fingerprint density at radius 3 is 1.53 bits per heavy atom. The van der Waals surface area contributed by atoms with Gasteiger partial charge in [-0.15, -0.1) is 0 Å². The van der Waals surface area contributed by atoms with E-state index >= 15 is 0 Å². The Morgan fingerprint density at radius 1 is 0.593 bits per heavy atom. The van der Waals surface area contributed by atoms with Crippen LogP contribution in [0.5, 0.6) is 0 Å². The van der Waals surface area contributed by atoms with Crippen LogP contribution in [0.15, 0.2) is 42.0 Å². The summed E-state index contributed by atoms with van der Waals surface area (Å²) in [7, 11) is -1.79. The maximum Gasteiger partial charge on any atom is 0.126 e. The molecule has 4 aliphatic rings. The van der Waals surface area contributed by atoms with E-state index in [2.05, 4.69) is 95.6 Å². The van der Waals surface area contributed by atoms with Gasteiger partial charge in [-0.1, -0.05) is 244 Å². The van der Waals surface area contributed by atoms with Crippen molar-refractivity contribution in [1.82, 2.24) is 4.57 Å². The normalized spacial score (nSPS) is 23.0. The number of nitrogens with zero attached hydrogens (tertiary/aromatic N) is 1. The lowest BCUT2D eigenvalue weighted by Crippen LogP contribution is -2.64. The molecule has 2 saturated carbocycles. The molecule has 4 unspecified atom stereocenters. The van der Waals surface area contributed by atoms with Gasteiger partial charge in [0.25, 0.3) is 0 Å². The fraction of sp³-hybridized carbons (Fsp3) is 0.825. The third-order valence-corrected chi connectivity index (χ3v) is 21.3. The first-order chi connectivity index (χ1) is 28.6. The van der Waals surface area contributed by atoms with Gasteiger partial charge in [-0.3, -0.25) is 0 Å². The minimum absolute atomic E-state index is 0.217. The second-order valence-corrected chi connectivity index (χ2v) is 27.1. The summed E-state index contributed by atoms with van der Waals surface area (Å²) in [6, 6.07) is 10.7. The lowest BCUT2D eigenvalue weighted by atomic mass is 9.67. The molecular formula is C57H99NSi. The first-order valence-corrected chi connectivity index (χ1v) is 29.9. The molecule has 0 radical (unpaired) electrons. The fourth-order valence-electron chi connectivity index (χ4n) is 13.7. The molecule has 336 valence electrons. The summed E-state index contributed by atoms with van der Waals surface area (Å²) < 4.78 is 3.19. The Labute approximate surface area is 370 Å². The van der Waals surface area contributed by atoms with Crippen LogP contribution < -0.4 is 0 Å². The average Bonchev–Trinajstić information content (AvgIpc) is 3.69. The number of unbranched alkanes of at least 4 members (excludes halogenated alkanes) is 22. The van der Waals surface area contributed by atoms with Gasteiger partial charge in [-0.2, -0.15) is 0 Å². The average molecular weight is 827 g/mol. The van der Waals surface area contributed by atoms with Gasteiger partial charge in [0.1, 0.15) is 8.24 Å². The molecule has 1 aromatic rings. The summed E-state index contributed by atoms with van der Waals surface area (Å²) in [5.74, 6) is 2.17. The van der Waals surface area contributed by atoms with Gasteiger partial charge in [-0.25, -0.2) is 0 Å². The van der Waals surface area contributed by atoms with E-state index in [4.69, 9.17) is 0 Å². The monoisotopic (exact) mass is 826 g/mol. The molecule has 59 heavy (non-hydrogen) atoms. The molecule has 1 aromatic carbocycles. The first-order valence-electron chi connectivity index (χ1n) is 26.9. The van der Waals surface area contributed by atoms with Crippen LogP contribution in [0.2, 0.25) is 18.6 Å². The molecule has 4 aliphatic carbocycles. The third-order valence-electron chi connectivity index (χ3n) is 16.6. The summed E-state index contributed by atoms with van der Waals surface area (Å²) in [6.07, 6.45) is 51.6. The number of hydrogen-bond acceptors (Lipinski definition) is 1. The number of fused-ring (bicyclic) bond motifs is 4. The standard InChI is InChI=1S/C57H99NSi/c1-9-11-13-15-17-19-21-23-25-27-29-36-42-57(43-37-30-28-26-24-22-20-18-16-14-12-10-2)53-41-35-34-40-49(53)51-45-52-50(46-54(51)57)47(3)44-55(52)59(7,8)58(56(4,5)6)48-38-32-31-33-39-48/h34-35,40-41,45-48,50,52,55H,9-33,36-39,42-44H2,1-8H3. The Kier molecular flexibility index (Phi) is 20.4. The highest BCUT2D eigenvalue weighted by Gasteiger charge is 2.56. The number of allylic oxidation sites excluding steroid dienone is 4. The van der Waals surface area contributed by atoms with Gasteiger partial charge in [0, 0.05) is 17.0 Å². The van der Waals surface area contributed by atoms with E-state index < -0.39 is 8.24 Å². The van der Waals surface area contributed by atoms with E-state index in [1.807, 2.05) is 0 Å². The summed E-state index contributed by atoms with van der Waals surface area (Å²) in [5.41, 5.74) is 8.08. The zero-order chi connectivity index (χ0) is 42.1. The Bertz CT molecular complexity index is 1360. The highest BCUT2D eigenvalue weighted by molar-refractivity contribution is 6.76. The lowest BCUT2D eigenvalue weighted by molar-refractivity contribution is 0.140. The van der Waals surface area contributed by atoms with Crippen LogP contribution in [0.3, 0.4) is 0 Å². The second-order valence-electron chi connectivity index (χ2n) is 22.5. The van der Waals surface area contributed by atoms with Crippen LogP contribution in [-0.2, 0) is 5.41 Å². The SMILES string of the molecule is CCCCCCCCCCCCCCC1(CCCCCCCCCCCCCC)C2=CC3C(C)CC([Si](C)(C)N(C4CCCCC4)C(C)(C)C)C3C=C2c2ccccc21. The molecular weight excluding hydrogens is 727 g/mol. The molecule has 4 atom stereocenters. The first kappa shape index (κ1) is 48.9. The molecule has 2 fully saturated rings. The van der Waals surface area contributed by atoms with Crippen LogP contribution in [0.25, 0.3) is 5.57 Å². The minimum atomic E-state index is -1.79. The van der Waals surface area contributed by atoms with E-state index in [1.54, 1.807) is 22.3 Å². The zero-order valence-electron chi connectivity index (χ0n) is 40.9. The highest BCUT2D eigenvalue weighted by Crippen LogP contribution is 2.63. The Hall–Kier alpha value is -1.12. The van der Waals surface area contributed by atoms with Crippen molar-refractivity contribution in [1.29, 1.82) is 0 Å². The minimum Gasteiger partial charge on any atom is -0.316 e. The topological polar surface area (TPSA) is 3.24 Å². The second kappa shape index (κ2) is 24.7. The van der Waals surface area contributed by atoms with E-state index in [0.717, 1.165) is 17.5 Å². The number of benzene rings is 1. The quantitative estimate of drug-likeness (QED) is 0.0574. The Morgan fingerprint density at radius 2 is 1.05 bits per heavy atom. The van der Waals surface area contributed by atoms with Crippen molar-refractivity contribution in [2.24, 2.45) is 17.8 Å². The van der Waals surface area contributed by atoms with Crippen molar-refractivity contribution in [2.75, 3.05) is 0 Å². The van der Waals surface area contributed by atoms with Crippen molar-refractivity contribution in [3.63, 3.8) is 0 Å². The molecule has 1 nitrogen and oxygen atoms in total. The smallest absolute Gasteiger partial charge is 0.126 e. The maximum atomic E-state index is 3.19. The van der Waals surface area contributed by atoms with Crippen LogP contribution in [0.4, 0.5) is 0 Å². The van der Waals surface area contributed by atoms with Crippen molar-refractivity contribution >= 4 is 13.8 Å². The van der Waals surface area contributed by atoms with E-state index in [-0.39, 0.29) is 11.0 Å². The van der Waals surface area contributed by atoms with Gasteiger partial charge in [0.05, 0.1) is 0 Å². The molecule has 0 heterocycles. The van der Waals surface area contributed by atoms with Gasteiger partial charge in [0.15, 0.2) is 0 Å². The Balaban J connectivity index is 1.29. The molecule has 0 saturated heterocycles. The van der Waals surface area contributed by atoms with Crippen molar-refractivity contribution in [2.45, 2.75) is 283 Å². The van der Waals surface area contributed by atoms with Crippen LogP contribution in [-0.4, -0.2) is 24.4 Å². The van der Waals surface area contributed by atoms with Gasteiger partial charge in [0.2, 0.25) is 0 Å². The van der Waals surface area contributed by atoms with Gasteiger partial charge >= 0.3 is 0 Å². The fourth-order valence-corrected chi connectivity index (χ4v) is 19.2. The summed E-state index contributed by atoms with van der Waals surface area (Å²) >= 11 is 0. The van der Waals surface area contributed by atoms with Crippen LogP contribution in [0, 0.1) is 17.8 Å². The molecule has 0 spiro atoms. The van der Waals surface area contributed by atoms with E-state index in [1.165, 1.54) is 205 Å². The van der Waals surface area contributed by atoms with Crippen molar-refractivity contribution in [3.8, 4) is 0 Å². The van der Waals surface area contributed by atoms with Gasteiger partial charge < -0.3 is 4.57 Å². The summed E-state index contributed by atoms with van der Waals surface area (Å²) in [4.78, 5) is 0. The molecule has 0 bridgehead atoms. The predicted molar refractivity (Wildman–Crippen MR) is 266 cm³/mol. The lowest BCUT2D eigenvalue weighted by Gasteiger charge is -2.55. The molecule has 0 aromatic heterocycles. The molecule has 2 heteroatoms. The highest BCUT2D eigenvalue weighted by atomic mass is 28.3. The van der Waals surface area contributed by atoms with Crippen LogP contribution in [0.1, 0.15) is 258 Å². The number of rotatable bonds is 29. The largest absolute Gasteiger partial charge is 0.316 e. The van der Waals surface area contributed by atoms with E-state index in [0.29, 0.717) is 11.8 Å². The van der Waals surface area contributed by atoms with Crippen molar-refractivity contribution < 1.29 is 0 Å². The molecule has 0 amide bonds.